The Balaban J connectivity index is 4.39. The Labute approximate surface area is 247 Å². The third-order valence-electron chi connectivity index (χ3n) is 6.11. The van der Waals surface area contributed by atoms with Crippen molar-refractivity contribution in [2.75, 3.05) is 26.4 Å². The van der Waals surface area contributed by atoms with Crippen molar-refractivity contribution < 1.29 is 47.8 Å². The van der Waals surface area contributed by atoms with Crippen molar-refractivity contribution in [1.29, 1.82) is 0 Å². The predicted octanol–water partition coefficient (Wildman–Crippen LogP) is 6.32. The molecular weight excluding hydrogens is 551 g/mol. The van der Waals surface area contributed by atoms with Crippen LogP contribution in [-0.4, -0.2) is 65.7 Å². The van der Waals surface area contributed by atoms with E-state index < -0.39 is 51.8 Å². The summed E-state index contributed by atoms with van der Waals surface area (Å²) in [6, 6.07) is 0. The highest BCUT2D eigenvalue weighted by Crippen LogP contribution is 2.43. The summed E-state index contributed by atoms with van der Waals surface area (Å²) in [5.41, 5.74) is 0. The molecule has 0 heterocycles. The summed E-state index contributed by atoms with van der Waals surface area (Å²) in [6.07, 6.45) is 20.8. The molecular formula is C30H55O10P. The normalized spacial score (nSPS) is 14.8. The first-order valence-electron chi connectivity index (χ1n) is 15.3. The lowest BCUT2D eigenvalue weighted by Gasteiger charge is -2.20. The molecule has 11 heteroatoms. The third kappa shape index (κ3) is 27.1. The van der Waals surface area contributed by atoms with Crippen LogP contribution in [0.5, 0.6) is 0 Å². The number of hydrogen-bond acceptors (Lipinski definition) is 9. The first kappa shape index (κ1) is 39.5. The van der Waals surface area contributed by atoms with Gasteiger partial charge >= 0.3 is 19.8 Å². The van der Waals surface area contributed by atoms with Gasteiger partial charge < -0.3 is 24.6 Å². The Morgan fingerprint density at radius 2 is 1.29 bits per heavy atom. The molecule has 0 aromatic rings. The van der Waals surface area contributed by atoms with Crippen LogP contribution in [0.3, 0.4) is 0 Å². The van der Waals surface area contributed by atoms with Gasteiger partial charge in [-0.05, 0) is 38.5 Å². The molecule has 0 radical (unpaired) electrons. The zero-order valence-corrected chi connectivity index (χ0v) is 26.1. The summed E-state index contributed by atoms with van der Waals surface area (Å²) in [4.78, 5) is 34.2. The quantitative estimate of drug-likeness (QED) is 0.0400. The van der Waals surface area contributed by atoms with Gasteiger partial charge in [0.2, 0.25) is 0 Å². The van der Waals surface area contributed by atoms with E-state index in [1.54, 1.807) is 0 Å². The average Bonchev–Trinajstić information content (AvgIpc) is 2.95. The molecule has 0 fully saturated rings. The van der Waals surface area contributed by atoms with Crippen molar-refractivity contribution >= 4 is 19.8 Å². The predicted molar refractivity (Wildman–Crippen MR) is 159 cm³/mol. The van der Waals surface area contributed by atoms with E-state index in [4.69, 9.17) is 19.1 Å². The van der Waals surface area contributed by atoms with Gasteiger partial charge in [0, 0.05) is 12.8 Å². The molecule has 3 unspecified atom stereocenters. The number of aliphatic hydroxyl groups excluding tert-OH is 2. The van der Waals surface area contributed by atoms with Gasteiger partial charge in [0.25, 0.3) is 0 Å². The van der Waals surface area contributed by atoms with Crippen LogP contribution in [-0.2, 0) is 32.7 Å². The molecule has 0 aliphatic heterocycles. The number of ether oxygens (including phenoxy) is 2. The molecule has 0 aliphatic carbocycles. The highest BCUT2D eigenvalue weighted by molar-refractivity contribution is 7.47. The average molecular weight is 607 g/mol. The Kier molecular flexibility index (Phi) is 26.3. The molecule has 0 saturated heterocycles. The van der Waals surface area contributed by atoms with E-state index in [1.165, 1.54) is 12.8 Å². The molecule has 0 amide bonds. The lowest BCUT2D eigenvalue weighted by atomic mass is 10.1. The molecule has 0 saturated carbocycles. The number of phosphoric acid groups is 1. The molecule has 41 heavy (non-hydrogen) atoms. The summed E-state index contributed by atoms with van der Waals surface area (Å²) >= 11 is 0. The third-order valence-corrected chi connectivity index (χ3v) is 7.06. The lowest BCUT2D eigenvalue weighted by molar-refractivity contribution is -0.161. The van der Waals surface area contributed by atoms with Crippen molar-refractivity contribution in [1.82, 2.24) is 0 Å². The van der Waals surface area contributed by atoms with E-state index in [0.29, 0.717) is 12.8 Å². The molecule has 0 aromatic heterocycles. The van der Waals surface area contributed by atoms with Crippen LogP contribution >= 0.6 is 7.82 Å². The fraction of sp³-hybridized carbons (Fsp3) is 0.800. The zero-order valence-electron chi connectivity index (χ0n) is 25.3. The van der Waals surface area contributed by atoms with Gasteiger partial charge in [0.15, 0.2) is 6.10 Å². The number of carbonyl (C=O) groups is 2. The maximum absolute atomic E-state index is 12.4. The molecule has 0 rings (SSSR count). The molecule has 240 valence electrons. The van der Waals surface area contributed by atoms with Gasteiger partial charge in [-0.25, -0.2) is 4.57 Å². The summed E-state index contributed by atoms with van der Waals surface area (Å²) < 4.78 is 32.1. The summed E-state index contributed by atoms with van der Waals surface area (Å²) in [5, 5.41) is 18.1. The number of aliphatic hydroxyl groups is 2. The van der Waals surface area contributed by atoms with Crippen LogP contribution in [0.4, 0.5) is 0 Å². The number of hydrogen-bond donors (Lipinski definition) is 3. The van der Waals surface area contributed by atoms with E-state index in [1.807, 2.05) is 0 Å². The van der Waals surface area contributed by atoms with Gasteiger partial charge in [-0.2, -0.15) is 0 Å². The Morgan fingerprint density at radius 3 is 1.95 bits per heavy atom. The SMILES string of the molecule is CCCC/C=C\C/C=C\CCCCCCCC(=O)OC(COC(=O)CCCCCC)COP(=O)(O)OCC(O)CO. The fourth-order valence-corrected chi connectivity index (χ4v) is 4.44. The zero-order chi connectivity index (χ0) is 30.6. The summed E-state index contributed by atoms with van der Waals surface area (Å²) in [7, 11) is -4.59. The van der Waals surface area contributed by atoms with Crippen LogP contribution in [0.1, 0.15) is 117 Å². The maximum Gasteiger partial charge on any atom is 0.472 e. The minimum atomic E-state index is -4.59. The van der Waals surface area contributed by atoms with Gasteiger partial charge in [-0.15, -0.1) is 0 Å². The molecule has 3 N–H and O–H groups in total. The fourth-order valence-electron chi connectivity index (χ4n) is 3.65. The summed E-state index contributed by atoms with van der Waals surface area (Å²) in [5.74, 6) is -0.966. The highest BCUT2D eigenvalue weighted by Gasteiger charge is 2.27. The van der Waals surface area contributed by atoms with Gasteiger partial charge in [-0.1, -0.05) is 89.5 Å². The molecule has 0 spiro atoms. The van der Waals surface area contributed by atoms with Crippen molar-refractivity contribution in [3.8, 4) is 0 Å². The number of unbranched alkanes of at least 4 members (excludes halogenated alkanes) is 10. The number of phosphoric ester groups is 1. The van der Waals surface area contributed by atoms with Crippen molar-refractivity contribution in [3.05, 3.63) is 24.3 Å². The van der Waals surface area contributed by atoms with Crippen molar-refractivity contribution in [2.45, 2.75) is 129 Å². The molecule has 10 nitrogen and oxygen atoms in total. The number of allylic oxidation sites excluding steroid dienone is 4. The van der Waals surface area contributed by atoms with E-state index in [0.717, 1.165) is 64.2 Å². The van der Waals surface area contributed by atoms with Gasteiger partial charge in [0.05, 0.1) is 19.8 Å². The molecule has 3 atom stereocenters. The number of esters is 2. The summed E-state index contributed by atoms with van der Waals surface area (Å²) in [6.45, 7) is 2.13. The van der Waals surface area contributed by atoms with E-state index in [9.17, 15) is 24.2 Å². The number of rotatable bonds is 28. The standard InChI is InChI=1S/C30H55O10P/c1-3-5-7-9-10-11-12-13-14-15-16-17-18-20-22-30(34)40-28(25-37-29(33)21-19-8-6-4-2)26-39-41(35,36)38-24-27(32)23-31/h9-10,12-13,27-28,31-32H,3-8,11,14-26H2,1-2H3,(H,35,36)/b10-9-,13-12-. The van der Waals surface area contributed by atoms with Crippen LogP contribution in [0, 0.1) is 0 Å². The molecule has 0 aromatic carbocycles. The first-order chi connectivity index (χ1) is 19.7. The van der Waals surface area contributed by atoms with Crippen molar-refractivity contribution in [3.63, 3.8) is 0 Å². The monoisotopic (exact) mass is 606 g/mol. The minimum absolute atomic E-state index is 0.168. The van der Waals surface area contributed by atoms with E-state index in [2.05, 4.69) is 42.7 Å². The largest absolute Gasteiger partial charge is 0.472 e. The van der Waals surface area contributed by atoms with Crippen molar-refractivity contribution in [2.24, 2.45) is 0 Å². The smallest absolute Gasteiger partial charge is 0.462 e. The van der Waals surface area contributed by atoms with Gasteiger partial charge in [-0.3, -0.25) is 18.6 Å². The lowest BCUT2D eigenvalue weighted by Crippen LogP contribution is -2.29. The maximum atomic E-state index is 12.4. The molecule has 0 bridgehead atoms. The van der Waals surface area contributed by atoms with Crippen LogP contribution in [0.2, 0.25) is 0 Å². The van der Waals surface area contributed by atoms with Gasteiger partial charge in [0.1, 0.15) is 12.7 Å². The topological polar surface area (TPSA) is 149 Å². The van der Waals surface area contributed by atoms with Crippen LogP contribution in [0.25, 0.3) is 0 Å². The second-order valence-corrected chi connectivity index (χ2v) is 11.6. The van der Waals surface area contributed by atoms with E-state index >= 15 is 0 Å². The molecule has 0 aliphatic rings. The Morgan fingerprint density at radius 1 is 0.732 bits per heavy atom. The second-order valence-electron chi connectivity index (χ2n) is 10.1. The first-order valence-corrected chi connectivity index (χ1v) is 16.8. The van der Waals surface area contributed by atoms with E-state index in [-0.39, 0.29) is 19.4 Å². The highest BCUT2D eigenvalue weighted by atomic mass is 31.2. The minimum Gasteiger partial charge on any atom is -0.462 e. The second kappa shape index (κ2) is 27.3. The van der Waals surface area contributed by atoms with Crippen LogP contribution in [0.15, 0.2) is 24.3 Å². The Bertz CT molecular complexity index is 756. The van der Waals surface area contributed by atoms with Crippen LogP contribution < -0.4 is 0 Å². The Hall–Kier alpha value is -1.55. The number of carbonyl (C=O) groups excluding carboxylic acids is 2.